The van der Waals surface area contributed by atoms with E-state index in [1.165, 1.54) is 0 Å². The van der Waals surface area contributed by atoms with Gasteiger partial charge in [0.25, 0.3) is 0 Å². The zero-order valence-corrected chi connectivity index (χ0v) is 28.7. The molecule has 0 atom stereocenters. The molecular weight excluding hydrogens is 857 g/mol. The third-order valence-corrected chi connectivity index (χ3v) is 33.0. The van der Waals surface area contributed by atoms with Crippen molar-refractivity contribution in [2.75, 3.05) is 0 Å². The van der Waals surface area contributed by atoms with Gasteiger partial charge in [-0.05, 0) is 0 Å². The van der Waals surface area contributed by atoms with E-state index in [4.69, 9.17) is 0 Å². The van der Waals surface area contributed by atoms with Gasteiger partial charge in [0.15, 0.2) is 0 Å². The minimum absolute atomic E-state index is 0.297. The van der Waals surface area contributed by atoms with Crippen LogP contribution >= 0.6 is 0 Å². The van der Waals surface area contributed by atoms with Crippen LogP contribution in [0.3, 0.4) is 0 Å². The summed E-state index contributed by atoms with van der Waals surface area (Å²) in [5.41, 5.74) is -6.36. The third-order valence-electron chi connectivity index (χ3n) is 9.36. The molecule has 0 aliphatic heterocycles. The van der Waals surface area contributed by atoms with Crippen LogP contribution in [0.4, 0.5) is 65.9 Å². The van der Waals surface area contributed by atoms with Crippen molar-refractivity contribution < 1.29 is 65.9 Å². The van der Waals surface area contributed by atoms with E-state index < -0.39 is 74.1 Å². The molecule has 0 saturated heterocycles. The van der Waals surface area contributed by atoms with E-state index in [1.54, 1.807) is 0 Å². The fraction of sp³-hybridized carbons (Fsp3) is 0.135. The summed E-state index contributed by atoms with van der Waals surface area (Å²) >= 11 is -7.71. The second kappa shape index (κ2) is 12.3. The van der Waals surface area contributed by atoms with Gasteiger partial charge in [-0.1, -0.05) is 0 Å². The second-order valence-electron chi connectivity index (χ2n) is 11.9. The van der Waals surface area contributed by atoms with Crippen LogP contribution in [0.1, 0.15) is 27.8 Å². The van der Waals surface area contributed by atoms with Crippen molar-refractivity contribution in [3.63, 3.8) is 0 Å². The average Bonchev–Trinajstić information content (AvgIpc) is 3.09. The molecule has 0 aliphatic carbocycles. The Morgan fingerprint density at radius 3 is 0.509 bits per heavy atom. The molecule has 282 valence electrons. The summed E-state index contributed by atoms with van der Waals surface area (Å²) in [6.45, 7) is 3.99. The van der Waals surface area contributed by atoms with Crippen LogP contribution in [0.25, 0.3) is 0 Å². The molecular formula is C37H23F15Te. The first kappa shape index (κ1) is 39.8. The molecule has 0 nitrogen and oxygen atoms in total. The monoisotopic (exact) mass is 882 g/mol. The molecule has 0 radical (unpaired) electrons. The van der Waals surface area contributed by atoms with Gasteiger partial charge in [0.2, 0.25) is 0 Å². The molecule has 0 aliphatic rings. The van der Waals surface area contributed by atoms with Crippen molar-refractivity contribution in [3.8, 4) is 0 Å². The summed E-state index contributed by atoms with van der Waals surface area (Å²) in [7, 11) is 0. The molecule has 5 aromatic rings. The molecule has 0 spiro atoms. The maximum absolute atomic E-state index is 14.0. The topological polar surface area (TPSA) is 0 Å². The molecule has 5 aromatic carbocycles. The number of hydrogen-bond acceptors (Lipinski definition) is 0. The summed E-state index contributed by atoms with van der Waals surface area (Å²) in [6, 6.07) is 14.1. The number of halogens is 15. The van der Waals surface area contributed by atoms with Crippen molar-refractivity contribution in [3.05, 3.63) is 160 Å². The zero-order chi connectivity index (χ0) is 39.5. The summed E-state index contributed by atoms with van der Waals surface area (Å²) in [5, 5.41) is 0. The van der Waals surface area contributed by atoms with Gasteiger partial charge in [-0.15, -0.1) is 0 Å². The Balaban J connectivity index is 2.21. The van der Waals surface area contributed by atoms with Crippen LogP contribution in [-0.2, 0) is 30.9 Å². The van der Waals surface area contributed by atoms with E-state index in [0.717, 1.165) is 64.8 Å². The van der Waals surface area contributed by atoms with Gasteiger partial charge < -0.3 is 0 Å². The van der Waals surface area contributed by atoms with Gasteiger partial charge in [-0.3, -0.25) is 0 Å². The standard InChI is InChI=1S/C37H23F15Te/c1-2-53(28-13-3-23(4-14-28)33(38,39)40,29-15-5-24(6-16-29)34(41,42)43,30-17-7-25(8-18-30)35(44,45)46,31-19-9-26(10-20-31)36(47,48)49)32-21-11-27(12-22-32)37(50,51)52/h2-22H,1H2. The SMILES string of the molecule is C=C[Te](c1ccc(C(F)(F)F)cc1)(c1ccc(C(F)(F)F)cc1)(c1ccc(C(F)(F)F)cc1)(c1ccc(C(F)(F)F)cc1)c1ccc(C(F)(F)F)cc1. The molecule has 0 unspecified atom stereocenters. The summed E-state index contributed by atoms with van der Waals surface area (Å²) in [4.78, 5) is 0. The molecule has 53 heavy (non-hydrogen) atoms. The fourth-order valence-electron chi connectivity index (χ4n) is 6.82. The van der Waals surface area contributed by atoms with Crippen LogP contribution in [0.5, 0.6) is 0 Å². The Hall–Kier alpha value is -4.42. The van der Waals surface area contributed by atoms with Crippen LogP contribution in [0.15, 0.2) is 132 Å². The first-order valence-corrected chi connectivity index (χ1v) is 22.0. The van der Waals surface area contributed by atoms with Crippen molar-refractivity contribution in [1.29, 1.82) is 0 Å². The number of hydrogen-bond donors (Lipinski definition) is 0. The molecule has 0 amide bonds. The van der Waals surface area contributed by atoms with Crippen molar-refractivity contribution in [2.45, 2.75) is 30.9 Å². The van der Waals surface area contributed by atoms with Gasteiger partial charge in [-0.2, -0.15) is 0 Å². The summed E-state index contributed by atoms with van der Waals surface area (Å²) < 4.78 is 209. The van der Waals surface area contributed by atoms with Crippen LogP contribution < -0.4 is 18.1 Å². The van der Waals surface area contributed by atoms with Crippen LogP contribution in [-0.4, -0.2) is 15.4 Å². The normalized spacial score (nSPS) is 14.7. The van der Waals surface area contributed by atoms with Gasteiger partial charge in [0.05, 0.1) is 0 Å². The number of rotatable bonds is 6. The van der Waals surface area contributed by atoms with E-state index in [2.05, 4.69) is 6.58 Å². The van der Waals surface area contributed by atoms with E-state index in [9.17, 15) is 65.9 Å². The molecule has 0 N–H and O–H groups in total. The van der Waals surface area contributed by atoms with E-state index in [1.807, 2.05) is 0 Å². The predicted octanol–water partition coefficient (Wildman–Crippen LogP) is 9.70. The van der Waals surface area contributed by atoms with E-state index in [-0.39, 0.29) is 18.1 Å². The van der Waals surface area contributed by atoms with Gasteiger partial charge in [-0.25, -0.2) is 0 Å². The van der Waals surface area contributed by atoms with Crippen LogP contribution in [0, 0.1) is 0 Å². The molecule has 0 bridgehead atoms. The van der Waals surface area contributed by atoms with Gasteiger partial charge in [0.1, 0.15) is 0 Å². The molecule has 16 heteroatoms. The van der Waals surface area contributed by atoms with E-state index >= 15 is 0 Å². The first-order valence-electron chi connectivity index (χ1n) is 14.9. The van der Waals surface area contributed by atoms with E-state index in [0.29, 0.717) is 60.7 Å². The average molecular weight is 880 g/mol. The van der Waals surface area contributed by atoms with Gasteiger partial charge in [0, 0.05) is 0 Å². The Bertz CT molecular complexity index is 1750. The van der Waals surface area contributed by atoms with Crippen molar-refractivity contribution in [2.24, 2.45) is 0 Å². The molecule has 0 saturated carbocycles. The summed E-state index contributed by atoms with van der Waals surface area (Å²) in [5.74, 6) is 0. The molecule has 0 fully saturated rings. The molecule has 5 rings (SSSR count). The Morgan fingerprint density at radius 2 is 0.415 bits per heavy atom. The Labute approximate surface area is 289 Å². The predicted molar refractivity (Wildman–Crippen MR) is 171 cm³/mol. The third kappa shape index (κ3) is 5.80. The fourth-order valence-corrected chi connectivity index (χ4v) is 29.3. The number of benzene rings is 5. The zero-order valence-electron chi connectivity index (χ0n) is 26.4. The van der Waals surface area contributed by atoms with Crippen LogP contribution in [0.2, 0.25) is 0 Å². The van der Waals surface area contributed by atoms with Crippen molar-refractivity contribution >= 4 is 33.5 Å². The quantitative estimate of drug-likeness (QED) is 0.118. The van der Waals surface area contributed by atoms with Gasteiger partial charge >= 0.3 is 290 Å². The minimum atomic E-state index is -7.71. The first-order chi connectivity index (χ1) is 24.3. The number of alkyl halides is 15. The molecule has 0 heterocycles. The maximum atomic E-state index is 14.0. The van der Waals surface area contributed by atoms with Crippen molar-refractivity contribution in [1.82, 2.24) is 0 Å². The Kier molecular flexibility index (Phi) is 9.24. The summed E-state index contributed by atoms with van der Waals surface area (Å²) in [6.07, 6.45) is -25.0. The Morgan fingerprint density at radius 1 is 0.283 bits per heavy atom. The second-order valence-corrected chi connectivity index (χ2v) is 28.8. The molecule has 0 aromatic heterocycles.